The molecule has 3 fully saturated rings. The maximum atomic E-state index is 5.89. The molecular weight excluding hydrogens is 174 g/mol. The summed E-state index contributed by atoms with van der Waals surface area (Å²) in [6.07, 6.45) is 7.03. The standard InChI is InChI=1S/C11H21N3/c12-13-6-4-11-9(8-13)7-10-3-1-2-5-14(10)11/h9-11H,1-8,12H2. The SMILES string of the molecule is NN1CCC2C(CC3CCCCN32)C1. The summed E-state index contributed by atoms with van der Waals surface area (Å²) in [7, 11) is 0. The first-order valence-corrected chi connectivity index (χ1v) is 6.10. The van der Waals surface area contributed by atoms with Crippen LogP contribution in [0.25, 0.3) is 0 Å². The van der Waals surface area contributed by atoms with Crippen molar-refractivity contribution in [2.75, 3.05) is 19.6 Å². The fourth-order valence-electron chi connectivity index (χ4n) is 3.78. The molecule has 0 saturated carbocycles. The van der Waals surface area contributed by atoms with Crippen molar-refractivity contribution in [3.63, 3.8) is 0 Å². The lowest BCUT2D eigenvalue weighted by atomic mass is 9.93. The number of fused-ring (bicyclic) bond motifs is 3. The summed E-state index contributed by atoms with van der Waals surface area (Å²) in [6.45, 7) is 3.60. The van der Waals surface area contributed by atoms with E-state index in [1.165, 1.54) is 38.6 Å². The van der Waals surface area contributed by atoms with Gasteiger partial charge >= 0.3 is 0 Å². The Morgan fingerprint density at radius 3 is 2.93 bits per heavy atom. The summed E-state index contributed by atoms with van der Waals surface area (Å²) in [5.74, 6) is 6.77. The number of nitrogens with zero attached hydrogens (tertiary/aromatic N) is 2. The Kier molecular flexibility index (Phi) is 2.26. The Bertz CT molecular complexity index is 219. The van der Waals surface area contributed by atoms with Gasteiger partial charge in [-0.1, -0.05) is 6.42 Å². The summed E-state index contributed by atoms with van der Waals surface area (Å²) in [4.78, 5) is 2.79. The van der Waals surface area contributed by atoms with E-state index in [1.807, 2.05) is 5.01 Å². The normalized spacial score (nSPS) is 44.8. The highest BCUT2D eigenvalue weighted by Crippen LogP contribution is 2.38. The van der Waals surface area contributed by atoms with Crippen LogP contribution in [0.1, 0.15) is 32.1 Å². The smallest absolute Gasteiger partial charge is 0.0172 e. The third-order valence-corrected chi connectivity index (χ3v) is 4.40. The van der Waals surface area contributed by atoms with Gasteiger partial charge in [-0.15, -0.1) is 0 Å². The molecule has 0 aromatic rings. The van der Waals surface area contributed by atoms with Gasteiger partial charge in [0.1, 0.15) is 0 Å². The molecule has 0 bridgehead atoms. The van der Waals surface area contributed by atoms with E-state index < -0.39 is 0 Å². The zero-order valence-corrected chi connectivity index (χ0v) is 8.86. The van der Waals surface area contributed by atoms with Crippen molar-refractivity contribution in [1.29, 1.82) is 0 Å². The Labute approximate surface area is 86.2 Å². The van der Waals surface area contributed by atoms with E-state index in [0.717, 1.165) is 31.1 Å². The number of hydrogen-bond acceptors (Lipinski definition) is 3. The number of piperidine rings is 2. The van der Waals surface area contributed by atoms with E-state index >= 15 is 0 Å². The van der Waals surface area contributed by atoms with Crippen molar-refractivity contribution in [3.8, 4) is 0 Å². The molecule has 80 valence electrons. The van der Waals surface area contributed by atoms with E-state index in [1.54, 1.807) is 0 Å². The molecule has 0 radical (unpaired) electrons. The lowest BCUT2D eigenvalue weighted by Crippen LogP contribution is -2.49. The van der Waals surface area contributed by atoms with Gasteiger partial charge in [-0.2, -0.15) is 0 Å². The predicted octanol–water partition coefficient (Wildman–Crippen LogP) is 0.809. The van der Waals surface area contributed by atoms with E-state index in [0.29, 0.717) is 0 Å². The second-order valence-electron chi connectivity index (χ2n) is 5.23. The second kappa shape index (κ2) is 3.47. The van der Waals surface area contributed by atoms with E-state index in [4.69, 9.17) is 5.84 Å². The minimum atomic E-state index is 0.872. The average Bonchev–Trinajstić information content (AvgIpc) is 2.54. The predicted molar refractivity (Wildman–Crippen MR) is 56.6 cm³/mol. The third kappa shape index (κ3) is 1.38. The van der Waals surface area contributed by atoms with Gasteiger partial charge in [0.2, 0.25) is 0 Å². The highest BCUT2D eigenvalue weighted by molar-refractivity contribution is 4.98. The highest BCUT2D eigenvalue weighted by atomic mass is 15.4. The maximum Gasteiger partial charge on any atom is 0.0172 e. The molecule has 3 nitrogen and oxygen atoms in total. The average molecular weight is 195 g/mol. The molecule has 0 spiro atoms. The van der Waals surface area contributed by atoms with Crippen molar-refractivity contribution in [3.05, 3.63) is 0 Å². The van der Waals surface area contributed by atoms with Crippen LogP contribution < -0.4 is 5.84 Å². The first kappa shape index (κ1) is 9.13. The fourth-order valence-corrected chi connectivity index (χ4v) is 3.78. The van der Waals surface area contributed by atoms with Crippen LogP contribution in [0.2, 0.25) is 0 Å². The first-order chi connectivity index (χ1) is 6.84. The molecule has 14 heavy (non-hydrogen) atoms. The van der Waals surface area contributed by atoms with Gasteiger partial charge in [-0.25, -0.2) is 5.01 Å². The van der Waals surface area contributed by atoms with Crippen LogP contribution in [-0.4, -0.2) is 41.6 Å². The van der Waals surface area contributed by atoms with Crippen LogP contribution in [-0.2, 0) is 0 Å². The minimum absolute atomic E-state index is 0.872. The molecule has 3 atom stereocenters. The van der Waals surface area contributed by atoms with Crippen LogP contribution >= 0.6 is 0 Å². The molecule has 3 unspecified atom stereocenters. The van der Waals surface area contributed by atoms with Crippen molar-refractivity contribution in [1.82, 2.24) is 9.91 Å². The monoisotopic (exact) mass is 195 g/mol. The second-order valence-corrected chi connectivity index (χ2v) is 5.23. The van der Waals surface area contributed by atoms with Crippen LogP contribution in [0.3, 0.4) is 0 Å². The first-order valence-electron chi connectivity index (χ1n) is 6.10. The third-order valence-electron chi connectivity index (χ3n) is 4.40. The van der Waals surface area contributed by atoms with Gasteiger partial charge < -0.3 is 0 Å². The molecule has 3 rings (SSSR count). The zero-order chi connectivity index (χ0) is 9.54. The van der Waals surface area contributed by atoms with Crippen LogP contribution in [0, 0.1) is 5.92 Å². The Morgan fingerprint density at radius 1 is 1.07 bits per heavy atom. The number of hydrogen-bond donors (Lipinski definition) is 1. The van der Waals surface area contributed by atoms with Crippen LogP contribution in [0.15, 0.2) is 0 Å². The number of hydrazine groups is 1. The van der Waals surface area contributed by atoms with Gasteiger partial charge in [0.05, 0.1) is 0 Å². The summed E-state index contributed by atoms with van der Waals surface area (Å²) >= 11 is 0. The van der Waals surface area contributed by atoms with Gasteiger partial charge in [0.15, 0.2) is 0 Å². The van der Waals surface area contributed by atoms with Crippen LogP contribution in [0.5, 0.6) is 0 Å². The molecule has 0 aromatic heterocycles. The lowest BCUT2D eigenvalue weighted by molar-refractivity contribution is 0.0866. The summed E-state index contributed by atoms with van der Waals surface area (Å²) in [6, 6.07) is 1.78. The topological polar surface area (TPSA) is 32.5 Å². The fraction of sp³-hybridized carbons (Fsp3) is 1.00. The molecule has 0 amide bonds. The molecular formula is C11H21N3. The largest absolute Gasteiger partial charge is 0.297 e. The van der Waals surface area contributed by atoms with Crippen molar-refractivity contribution in [2.45, 2.75) is 44.2 Å². The van der Waals surface area contributed by atoms with Crippen LogP contribution in [0.4, 0.5) is 0 Å². The summed E-state index contributed by atoms with van der Waals surface area (Å²) in [5.41, 5.74) is 0. The highest BCUT2D eigenvalue weighted by Gasteiger charge is 2.43. The molecule has 0 aliphatic carbocycles. The van der Waals surface area contributed by atoms with Crippen molar-refractivity contribution < 1.29 is 0 Å². The molecule has 3 heterocycles. The number of nitrogens with two attached hydrogens (primary N) is 1. The Morgan fingerprint density at radius 2 is 2.00 bits per heavy atom. The number of rotatable bonds is 0. The van der Waals surface area contributed by atoms with Crippen molar-refractivity contribution in [2.24, 2.45) is 11.8 Å². The van der Waals surface area contributed by atoms with E-state index in [9.17, 15) is 0 Å². The quantitative estimate of drug-likeness (QED) is 0.581. The Hall–Kier alpha value is -0.120. The van der Waals surface area contributed by atoms with E-state index in [-0.39, 0.29) is 0 Å². The molecule has 3 heteroatoms. The maximum absolute atomic E-state index is 5.89. The van der Waals surface area contributed by atoms with E-state index in [2.05, 4.69) is 4.90 Å². The molecule has 0 aromatic carbocycles. The molecule has 3 saturated heterocycles. The molecule has 2 N–H and O–H groups in total. The summed E-state index contributed by atoms with van der Waals surface area (Å²) < 4.78 is 0. The van der Waals surface area contributed by atoms with Gasteiger partial charge in [0.25, 0.3) is 0 Å². The molecule has 3 aliphatic rings. The van der Waals surface area contributed by atoms with Gasteiger partial charge in [0, 0.05) is 25.2 Å². The lowest BCUT2D eigenvalue weighted by Gasteiger charge is -2.38. The molecule has 3 aliphatic heterocycles. The van der Waals surface area contributed by atoms with Gasteiger partial charge in [-0.05, 0) is 38.1 Å². The summed E-state index contributed by atoms with van der Waals surface area (Å²) in [5, 5.41) is 2.03. The van der Waals surface area contributed by atoms with Gasteiger partial charge in [-0.3, -0.25) is 10.7 Å². The van der Waals surface area contributed by atoms with Crippen molar-refractivity contribution >= 4 is 0 Å². The Balaban J connectivity index is 1.74. The minimum Gasteiger partial charge on any atom is -0.297 e. The zero-order valence-electron chi connectivity index (χ0n) is 8.86.